The average Bonchev–Trinajstić information content (AvgIpc) is 2.62. The van der Waals surface area contributed by atoms with Crippen LogP contribution >= 0.6 is 0 Å². The van der Waals surface area contributed by atoms with Crippen molar-refractivity contribution in [2.75, 3.05) is 44.8 Å². The third-order valence-electron chi connectivity index (χ3n) is 3.72. The van der Waals surface area contributed by atoms with Crippen molar-refractivity contribution in [2.24, 2.45) is 0 Å². The van der Waals surface area contributed by atoms with Gasteiger partial charge in [0, 0.05) is 24.8 Å². The molecular weight excluding hydrogens is 240 g/mol. The minimum atomic E-state index is 0.212. The lowest BCUT2D eigenvalue weighted by molar-refractivity contribution is 0.159. The molecule has 1 aliphatic heterocycles. The van der Waals surface area contributed by atoms with E-state index in [9.17, 15) is 5.11 Å². The van der Waals surface area contributed by atoms with Gasteiger partial charge in [0.1, 0.15) is 5.75 Å². The van der Waals surface area contributed by atoms with Gasteiger partial charge in [-0.25, -0.2) is 0 Å². The molecule has 4 heteroatoms. The fraction of sp³-hybridized carbons (Fsp3) is 0.600. The van der Waals surface area contributed by atoms with E-state index in [0.717, 1.165) is 31.8 Å². The van der Waals surface area contributed by atoms with E-state index >= 15 is 0 Å². The molecule has 2 rings (SSSR count). The minimum Gasteiger partial charge on any atom is -0.494 e. The van der Waals surface area contributed by atoms with Crippen molar-refractivity contribution in [3.8, 4) is 5.75 Å². The number of nitrogens with zero attached hydrogens (tertiary/aromatic N) is 2. The number of hydrogen-bond acceptors (Lipinski definition) is 4. The van der Waals surface area contributed by atoms with E-state index < -0.39 is 0 Å². The largest absolute Gasteiger partial charge is 0.494 e. The van der Waals surface area contributed by atoms with Gasteiger partial charge in [0.15, 0.2) is 0 Å². The molecule has 0 bridgehead atoms. The molecule has 1 fully saturated rings. The first-order chi connectivity index (χ1) is 9.24. The zero-order valence-corrected chi connectivity index (χ0v) is 11.9. The van der Waals surface area contributed by atoms with Crippen LogP contribution in [0, 0.1) is 0 Å². The summed E-state index contributed by atoms with van der Waals surface area (Å²) >= 11 is 0. The number of ether oxygens (including phenoxy) is 1. The third kappa shape index (κ3) is 3.61. The molecule has 1 aromatic carbocycles. The van der Waals surface area contributed by atoms with Gasteiger partial charge in [-0.2, -0.15) is 0 Å². The van der Waals surface area contributed by atoms with Crippen LogP contribution in [0.1, 0.15) is 13.3 Å². The van der Waals surface area contributed by atoms with Gasteiger partial charge in [-0.1, -0.05) is 0 Å². The first kappa shape index (κ1) is 14.2. The summed E-state index contributed by atoms with van der Waals surface area (Å²) in [6.45, 7) is 5.85. The highest BCUT2D eigenvalue weighted by Gasteiger charge is 2.21. The Kier molecular flexibility index (Phi) is 5.05. The lowest BCUT2D eigenvalue weighted by Gasteiger charge is -2.28. The maximum atomic E-state index is 9.48. The van der Waals surface area contributed by atoms with E-state index in [-0.39, 0.29) is 12.6 Å². The van der Waals surface area contributed by atoms with Crippen LogP contribution < -0.4 is 9.64 Å². The lowest BCUT2D eigenvalue weighted by Crippen LogP contribution is -2.41. The van der Waals surface area contributed by atoms with E-state index in [4.69, 9.17) is 4.74 Å². The maximum Gasteiger partial charge on any atom is 0.119 e. The summed E-state index contributed by atoms with van der Waals surface area (Å²) in [7, 11) is 2.09. The second kappa shape index (κ2) is 6.78. The Hall–Kier alpha value is -1.26. The van der Waals surface area contributed by atoms with Gasteiger partial charge in [-0.05, 0) is 51.2 Å². The van der Waals surface area contributed by atoms with Gasteiger partial charge in [-0.3, -0.25) is 4.90 Å². The van der Waals surface area contributed by atoms with Crippen LogP contribution in [0.25, 0.3) is 0 Å². The fourth-order valence-corrected chi connectivity index (χ4v) is 2.53. The van der Waals surface area contributed by atoms with E-state index in [1.807, 2.05) is 19.1 Å². The van der Waals surface area contributed by atoms with Gasteiger partial charge < -0.3 is 14.7 Å². The summed E-state index contributed by atoms with van der Waals surface area (Å²) < 4.78 is 5.47. The summed E-state index contributed by atoms with van der Waals surface area (Å²) in [4.78, 5) is 4.59. The van der Waals surface area contributed by atoms with Crippen LogP contribution in [0.2, 0.25) is 0 Å². The van der Waals surface area contributed by atoms with Gasteiger partial charge in [0.05, 0.1) is 13.2 Å². The second-order valence-electron chi connectivity index (χ2n) is 5.04. The number of benzene rings is 1. The Morgan fingerprint density at radius 2 is 2.00 bits per heavy atom. The summed E-state index contributed by atoms with van der Waals surface area (Å²) in [6, 6.07) is 8.45. The summed E-state index contributed by atoms with van der Waals surface area (Å²) in [5, 5.41) is 9.48. The molecule has 19 heavy (non-hydrogen) atoms. The molecule has 1 aliphatic rings. The van der Waals surface area contributed by atoms with Crippen molar-refractivity contribution in [1.82, 2.24) is 4.90 Å². The first-order valence-corrected chi connectivity index (χ1v) is 7.03. The Morgan fingerprint density at radius 3 is 2.63 bits per heavy atom. The topological polar surface area (TPSA) is 35.9 Å². The van der Waals surface area contributed by atoms with Crippen molar-refractivity contribution in [3.05, 3.63) is 24.3 Å². The van der Waals surface area contributed by atoms with E-state index in [1.54, 1.807) is 0 Å². The molecule has 1 N–H and O–H groups in total. The van der Waals surface area contributed by atoms with Gasteiger partial charge in [0.2, 0.25) is 0 Å². The minimum absolute atomic E-state index is 0.212. The SMILES string of the molecule is CCOc1ccc(N2CCCN(C)C(CO)C2)cc1. The zero-order chi connectivity index (χ0) is 13.7. The standard InChI is InChI=1S/C15H24N2O2/c1-3-19-15-7-5-13(6-8-15)17-10-4-9-16(2)14(11-17)12-18/h5-8,14,18H,3-4,9-12H2,1-2H3. The van der Waals surface area contributed by atoms with Gasteiger partial charge >= 0.3 is 0 Å². The molecule has 0 saturated carbocycles. The number of aliphatic hydroxyl groups excluding tert-OH is 1. The number of likely N-dealkylation sites (N-methyl/N-ethyl adjacent to an activating group) is 1. The average molecular weight is 264 g/mol. The molecule has 0 spiro atoms. The van der Waals surface area contributed by atoms with Crippen molar-refractivity contribution in [1.29, 1.82) is 0 Å². The van der Waals surface area contributed by atoms with Gasteiger partial charge in [0.25, 0.3) is 0 Å². The van der Waals surface area contributed by atoms with Crippen molar-refractivity contribution >= 4 is 5.69 Å². The molecular formula is C15H24N2O2. The van der Waals surface area contributed by atoms with Crippen LogP contribution in [-0.4, -0.2) is 55.9 Å². The lowest BCUT2D eigenvalue weighted by atomic mass is 10.2. The quantitative estimate of drug-likeness (QED) is 0.896. The van der Waals surface area contributed by atoms with Crippen molar-refractivity contribution in [2.45, 2.75) is 19.4 Å². The number of anilines is 1. The molecule has 1 aromatic rings. The third-order valence-corrected chi connectivity index (χ3v) is 3.72. The molecule has 1 unspecified atom stereocenters. The predicted octanol–water partition coefficient (Wildman–Crippen LogP) is 1.59. The first-order valence-electron chi connectivity index (χ1n) is 7.03. The Labute approximate surface area is 115 Å². The van der Waals surface area contributed by atoms with Crippen LogP contribution in [-0.2, 0) is 0 Å². The molecule has 0 aromatic heterocycles. The zero-order valence-electron chi connectivity index (χ0n) is 11.9. The monoisotopic (exact) mass is 264 g/mol. The number of hydrogen-bond donors (Lipinski definition) is 1. The fourth-order valence-electron chi connectivity index (χ4n) is 2.53. The molecule has 0 aliphatic carbocycles. The van der Waals surface area contributed by atoms with Crippen LogP contribution in [0.5, 0.6) is 5.75 Å². The van der Waals surface area contributed by atoms with E-state index in [1.165, 1.54) is 5.69 Å². The molecule has 4 nitrogen and oxygen atoms in total. The molecule has 1 saturated heterocycles. The second-order valence-corrected chi connectivity index (χ2v) is 5.04. The highest BCUT2D eigenvalue weighted by Crippen LogP contribution is 2.22. The predicted molar refractivity (Wildman–Crippen MR) is 77.9 cm³/mol. The van der Waals surface area contributed by atoms with E-state index in [2.05, 4.69) is 29.0 Å². The Bertz CT molecular complexity index is 380. The van der Waals surface area contributed by atoms with E-state index in [0.29, 0.717) is 6.61 Å². The summed E-state index contributed by atoms with van der Waals surface area (Å²) in [5.74, 6) is 0.914. The smallest absolute Gasteiger partial charge is 0.119 e. The molecule has 1 atom stereocenters. The maximum absolute atomic E-state index is 9.48. The summed E-state index contributed by atoms with van der Waals surface area (Å²) in [5.41, 5.74) is 1.21. The highest BCUT2D eigenvalue weighted by molar-refractivity contribution is 5.49. The molecule has 0 radical (unpaired) electrons. The number of rotatable bonds is 4. The number of aliphatic hydroxyl groups is 1. The van der Waals surface area contributed by atoms with Crippen LogP contribution in [0.15, 0.2) is 24.3 Å². The normalized spacial score (nSPS) is 21.2. The Balaban J connectivity index is 2.07. The van der Waals surface area contributed by atoms with Crippen LogP contribution in [0.4, 0.5) is 5.69 Å². The van der Waals surface area contributed by atoms with Crippen molar-refractivity contribution < 1.29 is 9.84 Å². The Morgan fingerprint density at radius 1 is 1.26 bits per heavy atom. The molecule has 1 heterocycles. The summed E-state index contributed by atoms with van der Waals surface area (Å²) in [6.07, 6.45) is 1.13. The highest BCUT2D eigenvalue weighted by atomic mass is 16.5. The molecule has 106 valence electrons. The van der Waals surface area contributed by atoms with Gasteiger partial charge in [-0.15, -0.1) is 0 Å². The van der Waals surface area contributed by atoms with Crippen molar-refractivity contribution in [3.63, 3.8) is 0 Å². The van der Waals surface area contributed by atoms with Crippen LogP contribution in [0.3, 0.4) is 0 Å². The molecule has 0 amide bonds.